The molecule has 6 aromatic carbocycles. The van der Waals surface area contributed by atoms with Gasteiger partial charge in [0.25, 0.3) is 0 Å². The summed E-state index contributed by atoms with van der Waals surface area (Å²) in [7, 11) is 0. The SMILES string of the molecule is [2H]c1c([2H])c([2H])c(-c2nc(-c3cccc(-n4c5ccccc5c5c6ccccc6c6sc7ccccc7c6c54)c3)nc3ncccc23)c([2H])c1[2H]. The van der Waals surface area contributed by atoms with Crippen LogP contribution in [0.15, 0.2) is 146 Å². The second-order valence-corrected chi connectivity index (χ2v) is 12.3. The Kier molecular flexibility index (Phi) is 4.46. The highest BCUT2D eigenvalue weighted by Gasteiger charge is 2.22. The van der Waals surface area contributed by atoms with E-state index in [4.69, 9.17) is 16.8 Å². The van der Waals surface area contributed by atoms with Gasteiger partial charge in [0.1, 0.15) is 0 Å². The molecule has 46 heavy (non-hydrogen) atoms. The van der Waals surface area contributed by atoms with Crippen LogP contribution < -0.4 is 0 Å². The molecular weight excluding hydrogens is 581 g/mol. The van der Waals surface area contributed by atoms with Gasteiger partial charge in [-0.2, -0.15) is 0 Å². The standard InChI is InChI=1S/C41H24N4S/c1-2-12-25(13-3-1)37-32-20-11-23-42-41(32)44-40(43-37)26-14-10-15-27(24-26)45-33-21-8-6-18-30(33)35-28-16-4-5-17-29(28)39-36(38(35)45)31-19-7-9-22-34(31)46-39/h1-24H/i1D,2D,3D,12D,13D. The van der Waals surface area contributed by atoms with Gasteiger partial charge in [-0.05, 0) is 41.8 Å². The highest BCUT2D eigenvalue weighted by molar-refractivity contribution is 7.27. The Balaban J connectivity index is 1.29. The fourth-order valence-electron chi connectivity index (χ4n) is 6.82. The molecule has 0 fully saturated rings. The van der Waals surface area contributed by atoms with Crippen molar-refractivity contribution >= 4 is 75.1 Å². The molecule has 10 aromatic rings. The van der Waals surface area contributed by atoms with Crippen LogP contribution in [0.1, 0.15) is 6.85 Å². The van der Waals surface area contributed by atoms with Gasteiger partial charge in [0.05, 0.1) is 23.6 Å². The van der Waals surface area contributed by atoms with Crippen LogP contribution in [0.25, 0.3) is 92.1 Å². The minimum atomic E-state index is -0.454. The predicted molar refractivity (Wildman–Crippen MR) is 193 cm³/mol. The summed E-state index contributed by atoms with van der Waals surface area (Å²) in [5, 5.41) is 7.69. The molecule has 0 aliphatic heterocycles. The van der Waals surface area contributed by atoms with E-state index in [1.165, 1.54) is 36.3 Å². The highest BCUT2D eigenvalue weighted by Crippen LogP contribution is 2.47. The number of nitrogens with zero attached hydrogens (tertiary/aromatic N) is 4. The number of thiophene rings is 1. The van der Waals surface area contributed by atoms with E-state index in [0.717, 1.165) is 22.1 Å². The van der Waals surface area contributed by atoms with Crippen molar-refractivity contribution in [2.24, 2.45) is 0 Å². The minimum absolute atomic E-state index is 0.0137. The van der Waals surface area contributed by atoms with Gasteiger partial charge < -0.3 is 4.57 Å². The van der Waals surface area contributed by atoms with Crippen LogP contribution in [0.5, 0.6) is 0 Å². The molecule has 0 saturated carbocycles. The molecule has 5 heteroatoms. The van der Waals surface area contributed by atoms with Crippen molar-refractivity contribution in [3.8, 4) is 28.3 Å². The summed E-state index contributed by atoms with van der Waals surface area (Å²) in [5.41, 5.74) is 4.43. The summed E-state index contributed by atoms with van der Waals surface area (Å²) < 4.78 is 47.0. The number of rotatable bonds is 3. The summed E-state index contributed by atoms with van der Waals surface area (Å²) in [5.74, 6) is 0.335. The quantitative estimate of drug-likeness (QED) is 0.200. The molecule has 0 aliphatic carbocycles. The number of pyridine rings is 1. The molecule has 0 aliphatic rings. The van der Waals surface area contributed by atoms with Gasteiger partial charge in [-0.3, -0.25) is 0 Å². The Morgan fingerprint density at radius 1 is 0.609 bits per heavy atom. The molecule has 214 valence electrons. The average Bonchev–Trinajstić information content (AvgIpc) is 3.73. The first-order valence-electron chi connectivity index (χ1n) is 17.5. The van der Waals surface area contributed by atoms with E-state index in [1.54, 1.807) is 18.3 Å². The van der Waals surface area contributed by atoms with Crippen LogP contribution in [0.4, 0.5) is 0 Å². The van der Waals surface area contributed by atoms with Crippen LogP contribution >= 0.6 is 11.3 Å². The van der Waals surface area contributed by atoms with Gasteiger partial charge in [0.15, 0.2) is 11.5 Å². The maximum Gasteiger partial charge on any atom is 0.163 e. The Hall–Kier alpha value is -5.91. The lowest BCUT2D eigenvalue weighted by atomic mass is 10.00. The molecule has 4 nitrogen and oxygen atoms in total. The minimum Gasteiger partial charge on any atom is -0.309 e. The maximum atomic E-state index is 8.72. The number of fused-ring (bicyclic) bond motifs is 11. The van der Waals surface area contributed by atoms with Gasteiger partial charge in [0, 0.05) is 64.7 Å². The van der Waals surface area contributed by atoms with Crippen molar-refractivity contribution in [1.82, 2.24) is 19.5 Å². The second kappa shape index (κ2) is 9.80. The molecule has 0 bridgehead atoms. The highest BCUT2D eigenvalue weighted by atomic mass is 32.1. The number of aromatic nitrogens is 4. The Morgan fingerprint density at radius 2 is 1.37 bits per heavy atom. The normalized spacial score (nSPS) is 13.4. The fourth-order valence-corrected chi connectivity index (χ4v) is 8.06. The third-order valence-electron chi connectivity index (χ3n) is 8.72. The molecule has 0 N–H and O–H groups in total. The lowest BCUT2D eigenvalue weighted by Gasteiger charge is -2.13. The van der Waals surface area contributed by atoms with E-state index in [9.17, 15) is 0 Å². The van der Waals surface area contributed by atoms with Crippen molar-refractivity contribution in [1.29, 1.82) is 0 Å². The molecule has 0 unspecified atom stereocenters. The smallest absolute Gasteiger partial charge is 0.163 e. The molecule has 0 atom stereocenters. The van der Waals surface area contributed by atoms with E-state index >= 15 is 0 Å². The second-order valence-electron chi connectivity index (χ2n) is 11.2. The maximum absolute atomic E-state index is 8.72. The van der Waals surface area contributed by atoms with Crippen molar-refractivity contribution < 1.29 is 6.85 Å². The summed E-state index contributed by atoms with van der Waals surface area (Å²) in [6.07, 6.45) is 1.63. The molecule has 4 aromatic heterocycles. The first kappa shape index (κ1) is 20.9. The zero-order chi connectivity index (χ0) is 34.5. The van der Waals surface area contributed by atoms with E-state index in [2.05, 4.69) is 94.5 Å². The average molecular weight is 610 g/mol. The van der Waals surface area contributed by atoms with E-state index in [-0.39, 0.29) is 23.3 Å². The Bertz CT molecular complexity index is 3080. The van der Waals surface area contributed by atoms with Crippen molar-refractivity contribution in [3.63, 3.8) is 0 Å². The Labute approximate surface area is 274 Å². The lowest BCUT2D eigenvalue weighted by Crippen LogP contribution is -1.98. The van der Waals surface area contributed by atoms with Crippen LogP contribution in [0, 0.1) is 0 Å². The predicted octanol–water partition coefficient (Wildman–Crippen LogP) is 11.0. The van der Waals surface area contributed by atoms with E-state index < -0.39 is 18.1 Å². The van der Waals surface area contributed by atoms with Crippen LogP contribution in [-0.4, -0.2) is 19.5 Å². The zero-order valence-electron chi connectivity index (χ0n) is 29.2. The monoisotopic (exact) mass is 609 g/mol. The first-order valence-corrected chi connectivity index (χ1v) is 15.8. The topological polar surface area (TPSA) is 43.6 Å². The lowest BCUT2D eigenvalue weighted by molar-refractivity contribution is 1.16. The largest absolute Gasteiger partial charge is 0.309 e. The number of para-hydroxylation sites is 1. The molecular formula is C41H24N4S. The molecule has 0 saturated heterocycles. The van der Waals surface area contributed by atoms with E-state index in [1.807, 2.05) is 23.5 Å². The van der Waals surface area contributed by atoms with Crippen molar-refractivity contribution in [2.45, 2.75) is 0 Å². The van der Waals surface area contributed by atoms with E-state index in [0.29, 0.717) is 22.4 Å². The number of hydrogen-bond acceptors (Lipinski definition) is 4. The first-order chi connectivity index (χ1) is 24.9. The molecule has 10 rings (SSSR count). The number of benzene rings is 6. The van der Waals surface area contributed by atoms with Gasteiger partial charge in [-0.15, -0.1) is 11.3 Å². The van der Waals surface area contributed by atoms with Gasteiger partial charge in [-0.1, -0.05) is 103 Å². The molecule has 4 heterocycles. The molecule has 0 amide bonds. The van der Waals surface area contributed by atoms with Crippen LogP contribution in [0.2, 0.25) is 0 Å². The van der Waals surface area contributed by atoms with Gasteiger partial charge in [0.2, 0.25) is 0 Å². The summed E-state index contributed by atoms with van der Waals surface area (Å²) >= 11 is 1.82. The van der Waals surface area contributed by atoms with Crippen LogP contribution in [0.3, 0.4) is 0 Å². The summed E-state index contributed by atoms with van der Waals surface area (Å²) in [4.78, 5) is 14.3. The van der Waals surface area contributed by atoms with Crippen molar-refractivity contribution in [2.75, 3.05) is 0 Å². The van der Waals surface area contributed by atoms with Gasteiger partial charge in [-0.25, -0.2) is 15.0 Å². The third kappa shape index (κ3) is 3.63. The van der Waals surface area contributed by atoms with Crippen molar-refractivity contribution in [3.05, 3.63) is 146 Å². The third-order valence-corrected chi connectivity index (χ3v) is 9.92. The molecule has 0 spiro atoms. The zero-order valence-corrected chi connectivity index (χ0v) is 25.0. The molecule has 0 radical (unpaired) electrons. The number of hydrogen-bond donors (Lipinski definition) is 0. The summed E-state index contributed by atoms with van der Waals surface area (Å²) in [6.45, 7) is 0. The fraction of sp³-hybridized carbons (Fsp3) is 0. The Morgan fingerprint density at radius 3 is 2.26 bits per heavy atom. The summed E-state index contributed by atoms with van der Waals surface area (Å²) in [6, 6.07) is 35.3. The van der Waals surface area contributed by atoms with Gasteiger partial charge >= 0.3 is 0 Å². The van der Waals surface area contributed by atoms with Crippen LogP contribution in [-0.2, 0) is 0 Å².